The van der Waals surface area contributed by atoms with Gasteiger partial charge in [0, 0.05) is 12.8 Å². The molecular formula is C39H76O6. The molecule has 2 N–H and O–H groups in total. The summed E-state index contributed by atoms with van der Waals surface area (Å²) in [5.74, 6) is -0.716. The number of hydrogen-bond donors (Lipinski definition) is 2. The van der Waals surface area contributed by atoms with Crippen molar-refractivity contribution >= 4 is 11.9 Å². The molecule has 268 valence electrons. The Bertz CT molecular complexity index is 625. The highest BCUT2D eigenvalue weighted by Gasteiger charge is 2.12. The zero-order valence-electron chi connectivity index (χ0n) is 30.0. The first-order valence-electron chi connectivity index (χ1n) is 19.7. The van der Waals surface area contributed by atoms with E-state index in [1.54, 1.807) is 0 Å². The molecule has 0 saturated heterocycles. The van der Waals surface area contributed by atoms with Crippen LogP contribution in [0, 0.1) is 0 Å². The largest absolute Gasteiger partial charge is 0.394 e. The first-order chi connectivity index (χ1) is 22.0. The fourth-order valence-corrected chi connectivity index (χ4v) is 5.98. The third-order valence-corrected chi connectivity index (χ3v) is 8.98. The normalized spacial score (nSPS) is 12.8. The van der Waals surface area contributed by atoms with Crippen LogP contribution in [0.4, 0.5) is 0 Å². The fraction of sp³-hybridized carbons (Fsp3) is 0.949. The number of esters is 2. The lowest BCUT2D eigenvalue weighted by atomic mass is 10.0. The molecule has 2 unspecified atom stereocenters. The Labute approximate surface area is 279 Å². The summed E-state index contributed by atoms with van der Waals surface area (Å²) in [6.07, 6.45) is 35.2. The van der Waals surface area contributed by atoms with Crippen LogP contribution in [-0.2, 0) is 19.1 Å². The SMILES string of the molecule is CCCCCCCCCCCCCCCCCC(=O)OC(=O)CCCCCCCCCCC(CCCCCC)OCC(O)CO. The molecule has 45 heavy (non-hydrogen) atoms. The Hall–Kier alpha value is -0.980. The van der Waals surface area contributed by atoms with E-state index in [2.05, 4.69) is 13.8 Å². The van der Waals surface area contributed by atoms with Gasteiger partial charge in [-0.25, -0.2) is 0 Å². The summed E-state index contributed by atoms with van der Waals surface area (Å²) in [7, 11) is 0. The molecule has 6 heteroatoms. The summed E-state index contributed by atoms with van der Waals surface area (Å²) in [6.45, 7) is 4.45. The minimum Gasteiger partial charge on any atom is -0.394 e. The summed E-state index contributed by atoms with van der Waals surface area (Å²) >= 11 is 0. The van der Waals surface area contributed by atoms with Gasteiger partial charge >= 0.3 is 11.9 Å². The quantitative estimate of drug-likeness (QED) is 0.0402. The summed E-state index contributed by atoms with van der Waals surface area (Å²) in [4.78, 5) is 24.0. The van der Waals surface area contributed by atoms with Crippen molar-refractivity contribution in [3.63, 3.8) is 0 Å². The van der Waals surface area contributed by atoms with Crippen molar-refractivity contribution in [1.29, 1.82) is 0 Å². The van der Waals surface area contributed by atoms with Crippen molar-refractivity contribution in [2.24, 2.45) is 0 Å². The fourth-order valence-electron chi connectivity index (χ4n) is 5.98. The van der Waals surface area contributed by atoms with Crippen LogP contribution in [0.25, 0.3) is 0 Å². The molecule has 0 fully saturated rings. The predicted octanol–water partition coefficient (Wildman–Crippen LogP) is 10.9. The number of rotatable bonds is 36. The summed E-state index contributed by atoms with van der Waals surface area (Å²) < 4.78 is 10.9. The van der Waals surface area contributed by atoms with Crippen LogP contribution in [0.1, 0.15) is 213 Å². The molecular weight excluding hydrogens is 564 g/mol. The zero-order chi connectivity index (χ0) is 33.1. The first kappa shape index (κ1) is 44.0. The number of aliphatic hydroxyl groups excluding tert-OH is 2. The summed E-state index contributed by atoms with van der Waals surface area (Å²) in [5.41, 5.74) is 0. The van der Waals surface area contributed by atoms with Gasteiger partial charge in [0.25, 0.3) is 0 Å². The topological polar surface area (TPSA) is 93.1 Å². The molecule has 0 amide bonds. The van der Waals surface area contributed by atoms with Crippen LogP contribution in [-0.4, -0.2) is 47.6 Å². The summed E-state index contributed by atoms with van der Waals surface area (Å²) in [6, 6.07) is 0. The second-order valence-electron chi connectivity index (χ2n) is 13.6. The van der Waals surface area contributed by atoms with E-state index in [1.165, 1.54) is 128 Å². The van der Waals surface area contributed by atoms with Gasteiger partial charge < -0.3 is 19.7 Å². The molecule has 0 radical (unpaired) electrons. The number of aliphatic hydroxyl groups is 2. The molecule has 2 atom stereocenters. The van der Waals surface area contributed by atoms with Gasteiger partial charge in [0.05, 0.1) is 19.3 Å². The van der Waals surface area contributed by atoms with Gasteiger partial charge in [0.2, 0.25) is 0 Å². The average molecular weight is 641 g/mol. The van der Waals surface area contributed by atoms with Crippen LogP contribution in [0.2, 0.25) is 0 Å². The van der Waals surface area contributed by atoms with E-state index in [1.807, 2.05) is 0 Å². The lowest BCUT2D eigenvalue weighted by molar-refractivity contribution is -0.159. The highest BCUT2D eigenvalue weighted by Crippen LogP contribution is 2.18. The molecule has 0 rings (SSSR count). The Morgan fingerprint density at radius 2 is 0.800 bits per heavy atom. The third kappa shape index (κ3) is 34.2. The van der Waals surface area contributed by atoms with E-state index >= 15 is 0 Å². The van der Waals surface area contributed by atoms with E-state index in [9.17, 15) is 14.7 Å². The van der Waals surface area contributed by atoms with Crippen LogP contribution in [0.5, 0.6) is 0 Å². The maximum Gasteiger partial charge on any atom is 0.313 e. The minimum absolute atomic E-state index is 0.179. The maximum atomic E-state index is 12.0. The molecule has 6 nitrogen and oxygen atoms in total. The van der Waals surface area contributed by atoms with Gasteiger partial charge in [-0.05, 0) is 25.7 Å². The second-order valence-corrected chi connectivity index (χ2v) is 13.6. The van der Waals surface area contributed by atoms with Crippen molar-refractivity contribution < 1.29 is 29.3 Å². The molecule has 0 aliphatic rings. The molecule has 0 bridgehead atoms. The Morgan fingerprint density at radius 1 is 0.489 bits per heavy atom. The van der Waals surface area contributed by atoms with E-state index < -0.39 is 6.10 Å². The Balaban J connectivity index is 3.55. The van der Waals surface area contributed by atoms with Crippen molar-refractivity contribution in [3.8, 4) is 0 Å². The van der Waals surface area contributed by atoms with Gasteiger partial charge in [-0.2, -0.15) is 0 Å². The van der Waals surface area contributed by atoms with Gasteiger partial charge in [-0.3, -0.25) is 9.59 Å². The average Bonchev–Trinajstić information content (AvgIpc) is 3.03. The standard InChI is InChI=1S/C39H76O6/c1-3-5-7-9-10-11-12-13-14-15-16-17-21-24-28-32-38(42)45-39(43)33-29-25-22-19-18-20-23-27-31-37(30-26-8-6-4-2)44-35-36(41)34-40/h36-37,40-41H,3-35H2,1-2H3. The van der Waals surface area contributed by atoms with Gasteiger partial charge in [0.1, 0.15) is 6.10 Å². The molecule has 0 aliphatic heterocycles. The molecule has 0 aromatic heterocycles. The molecule has 0 aliphatic carbocycles. The highest BCUT2D eigenvalue weighted by atomic mass is 16.6. The molecule has 0 saturated carbocycles. The first-order valence-corrected chi connectivity index (χ1v) is 19.7. The molecule has 0 aromatic carbocycles. The van der Waals surface area contributed by atoms with E-state index in [-0.39, 0.29) is 31.3 Å². The zero-order valence-corrected chi connectivity index (χ0v) is 30.0. The van der Waals surface area contributed by atoms with Crippen molar-refractivity contribution in [3.05, 3.63) is 0 Å². The second kappa shape index (κ2) is 35.9. The van der Waals surface area contributed by atoms with Crippen molar-refractivity contribution in [2.45, 2.75) is 225 Å². The van der Waals surface area contributed by atoms with Crippen molar-refractivity contribution in [1.82, 2.24) is 0 Å². The lowest BCUT2D eigenvalue weighted by Gasteiger charge is -2.19. The predicted molar refractivity (Wildman–Crippen MR) is 188 cm³/mol. The lowest BCUT2D eigenvalue weighted by Crippen LogP contribution is -2.24. The monoisotopic (exact) mass is 641 g/mol. The van der Waals surface area contributed by atoms with Crippen LogP contribution < -0.4 is 0 Å². The molecule has 0 spiro atoms. The van der Waals surface area contributed by atoms with Crippen LogP contribution in [0.3, 0.4) is 0 Å². The van der Waals surface area contributed by atoms with E-state index in [4.69, 9.17) is 14.6 Å². The van der Waals surface area contributed by atoms with Gasteiger partial charge in [-0.1, -0.05) is 174 Å². The van der Waals surface area contributed by atoms with Crippen LogP contribution in [0.15, 0.2) is 0 Å². The number of carbonyl (C=O) groups is 2. The highest BCUT2D eigenvalue weighted by molar-refractivity contribution is 5.85. The molecule has 0 aromatic rings. The maximum absolute atomic E-state index is 12.0. The smallest absolute Gasteiger partial charge is 0.313 e. The van der Waals surface area contributed by atoms with Crippen LogP contribution >= 0.6 is 0 Å². The van der Waals surface area contributed by atoms with E-state index in [0.29, 0.717) is 12.8 Å². The number of unbranched alkanes of at least 4 members (excludes halogenated alkanes) is 24. The minimum atomic E-state index is -0.783. The van der Waals surface area contributed by atoms with Gasteiger partial charge in [-0.15, -0.1) is 0 Å². The summed E-state index contributed by atoms with van der Waals surface area (Å²) in [5, 5.41) is 18.6. The Kier molecular flexibility index (Phi) is 35.1. The number of carbonyl (C=O) groups excluding carboxylic acids is 2. The number of ether oxygens (including phenoxy) is 2. The third-order valence-electron chi connectivity index (χ3n) is 8.98. The van der Waals surface area contributed by atoms with E-state index in [0.717, 1.165) is 57.8 Å². The van der Waals surface area contributed by atoms with Gasteiger partial charge in [0.15, 0.2) is 0 Å². The number of hydrogen-bond acceptors (Lipinski definition) is 6. The Morgan fingerprint density at radius 3 is 1.16 bits per heavy atom. The van der Waals surface area contributed by atoms with Crippen molar-refractivity contribution in [2.75, 3.05) is 13.2 Å². The molecule has 0 heterocycles.